The molecule has 8 heterocycles. The molecule has 2 aliphatic rings. The summed E-state index contributed by atoms with van der Waals surface area (Å²) < 4.78 is 2.53. The van der Waals surface area contributed by atoms with Crippen molar-refractivity contribution in [3.05, 3.63) is 143 Å². The fourth-order valence-corrected chi connectivity index (χ4v) is 9.05. The SMILES string of the molecule is C1=Cc2cc3ccc(cc4ccc(cc5nc(cc1n2)C=C5)[nH]4)[nH]3.CCCCCCCCCCCCCCCCn1c2ccccc2c2ccccc21.c1cnc2cscc2n1. The monoisotopic (exact) mass is 837 g/mol. The Balaban J connectivity index is 0.000000143. The van der Waals surface area contributed by atoms with Gasteiger partial charge in [0.15, 0.2) is 0 Å². The van der Waals surface area contributed by atoms with Gasteiger partial charge in [0.2, 0.25) is 0 Å². The third kappa shape index (κ3) is 11.8. The first-order chi connectivity index (χ1) is 30.7. The third-order valence-corrected chi connectivity index (χ3v) is 12.3. The van der Waals surface area contributed by atoms with Crippen LogP contribution in [-0.2, 0) is 6.54 Å². The Morgan fingerprint density at radius 1 is 0.452 bits per heavy atom. The highest BCUT2D eigenvalue weighted by atomic mass is 32.1. The zero-order chi connectivity index (χ0) is 42.2. The Morgan fingerprint density at radius 2 is 0.855 bits per heavy atom. The largest absolute Gasteiger partial charge is 0.355 e. The van der Waals surface area contributed by atoms with Crippen molar-refractivity contribution >= 4 is 90.5 Å². The first-order valence-electron chi connectivity index (χ1n) is 22.8. The molecular formula is C54H59N7S. The average Bonchev–Trinajstić information content (AvgIpc) is 4.18. The van der Waals surface area contributed by atoms with E-state index in [1.165, 1.54) is 112 Å². The van der Waals surface area contributed by atoms with Crippen molar-refractivity contribution in [1.29, 1.82) is 0 Å². The van der Waals surface area contributed by atoms with Crippen molar-refractivity contribution in [1.82, 2.24) is 34.5 Å². The summed E-state index contributed by atoms with van der Waals surface area (Å²) >= 11 is 1.63. The minimum Gasteiger partial charge on any atom is -0.355 e. The van der Waals surface area contributed by atoms with Gasteiger partial charge in [0.25, 0.3) is 0 Å². The number of para-hydroxylation sites is 2. The molecule has 8 heteroatoms. The van der Waals surface area contributed by atoms with Gasteiger partial charge in [-0.05, 0) is 91.4 Å². The summed E-state index contributed by atoms with van der Waals surface area (Å²) in [4.78, 5) is 24.2. The molecule has 2 N–H and O–H groups in total. The normalized spacial score (nSPS) is 11.8. The van der Waals surface area contributed by atoms with Gasteiger partial charge in [0.1, 0.15) is 0 Å². The van der Waals surface area contributed by atoms with Crippen molar-refractivity contribution < 1.29 is 0 Å². The van der Waals surface area contributed by atoms with Crippen molar-refractivity contribution in [2.75, 3.05) is 0 Å². The number of thiophene rings is 1. The molecule has 0 unspecified atom stereocenters. The van der Waals surface area contributed by atoms with Crippen LogP contribution in [-0.4, -0.2) is 34.5 Å². The van der Waals surface area contributed by atoms with Crippen molar-refractivity contribution in [3.63, 3.8) is 0 Å². The molecule has 0 saturated carbocycles. The number of H-pyrrole nitrogens is 2. The number of unbranched alkanes of at least 4 members (excludes halogenated alkanes) is 13. The van der Waals surface area contributed by atoms with Crippen molar-refractivity contribution in [3.8, 4) is 0 Å². The first-order valence-corrected chi connectivity index (χ1v) is 23.8. The van der Waals surface area contributed by atoms with Crippen LogP contribution in [0.5, 0.6) is 0 Å². The van der Waals surface area contributed by atoms with E-state index in [4.69, 9.17) is 0 Å². The smallest absolute Gasteiger partial charge is 0.0993 e. The second kappa shape index (κ2) is 22.1. The molecule has 0 radical (unpaired) electrons. The standard InChI is InChI=1S/C28H41N.C20H14N4.C6H4N2S/c1-2-3-4-5-6-7-8-9-10-11-12-13-14-19-24-29-27-22-17-15-20-25(27)26-21-16-18-23-28(26)29;1-2-14-10-16-5-6-18(23-16)12-20-8-7-19(24-20)11-17-4-3-15(22-17)9-13(1)21-14;1-2-8-6-4-9-3-5(6)7-1/h15-18,20-23H,2-14,19,24H2,1H3;1-12,21-22H;1-4H. The van der Waals surface area contributed by atoms with E-state index in [0.717, 1.165) is 62.4 Å². The van der Waals surface area contributed by atoms with E-state index in [9.17, 15) is 0 Å². The van der Waals surface area contributed by atoms with Gasteiger partial charge in [-0.15, -0.1) is 11.3 Å². The maximum Gasteiger partial charge on any atom is 0.0993 e. The number of hydrogen-bond donors (Lipinski definition) is 2. The highest BCUT2D eigenvalue weighted by Gasteiger charge is 2.09. The van der Waals surface area contributed by atoms with Crippen LogP contribution in [0, 0.1) is 0 Å². The van der Waals surface area contributed by atoms with Gasteiger partial charge in [-0.25, -0.2) is 9.97 Å². The average molecular weight is 838 g/mol. The molecule has 8 aromatic rings. The number of nitrogens with zero attached hydrogens (tertiary/aromatic N) is 5. The summed E-state index contributed by atoms with van der Waals surface area (Å²) in [5.74, 6) is 0. The molecule has 2 aromatic carbocycles. The predicted octanol–water partition coefficient (Wildman–Crippen LogP) is 15.6. The van der Waals surface area contributed by atoms with E-state index in [1.807, 2.05) is 53.3 Å². The molecule has 0 saturated heterocycles. The van der Waals surface area contributed by atoms with Crippen LogP contribution in [0.25, 0.3) is 79.2 Å². The van der Waals surface area contributed by atoms with Crippen molar-refractivity contribution in [2.45, 2.75) is 103 Å². The Bertz CT molecular complexity index is 2720. The van der Waals surface area contributed by atoms with E-state index < -0.39 is 0 Å². The summed E-state index contributed by atoms with van der Waals surface area (Å²) in [5.41, 5.74) is 12.6. The molecule has 8 bridgehead atoms. The summed E-state index contributed by atoms with van der Waals surface area (Å²) in [7, 11) is 0. The number of fused-ring (bicyclic) bond motifs is 12. The lowest BCUT2D eigenvalue weighted by atomic mass is 10.0. The molecule has 10 rings (SSSR count). The van der Waals surface area contributed by atoms with Crippen LogP contribution in [0.2, 0.25) is 0 Å². The third-order valence-electron chi connectivity index (χ3n) is 11.6. The van der Waals surface area contributed by atoms with Gasteiger partial charge < -0.3 is 14.5 Å². The van der Waals surface area contributed by atoms with Crippen LogP contribution in [0.1, 0.15) is 120 Å². The number of aromatic amines is 2. The minimum absolute atomic E-state index is 0.915. The predicted molar refractivity (Wildman–Crippen MR) is 266 cm³/mol. The molecule has 7 nitrogen and oxygen atoms in total. The fraction of sp³-hybridized carbons (Fsp3) is 0.296. The number of rotatable bonds is 15. The molecular weight excluding hydrogens is 779 g/mol. The number of aromatic nitrogens is 7. The lowest BCUT2D eigenvalue weighted by Crippen LogP contribution is -1.97. The van der Waals surface area contributed by atoms with Gasteiger partial charge in [0.05, 0.1) is 33.8 Å². The molecule has 62 heavy (non-hydrogen) atoms. The van der Waals surface area contributed by atoms with E-state index in [2.05, 4.69) is 120 Å². The number of hydrogen-bond acceptors (Lipinski definition) is 5. The zero-order valence-corrected chi connectivity index (χ0v) is 36.9. The quantitative estimate of drug-likeness (QED) is 0.101. The molecule has 6 aromatic heterocycles. The maximum absolute atomic E-state index is 4.62. The van der Waals surface area contributed by atoms with E-state index in [1.54, 1.807) is 23.7 Å². The minimum atomic E-state index is 0.915. The molecule has 0 spiro atoms. The Morgan fingerprint density at radius 3 is 1.32 bits per heavy atom. The van der Waals surface area contributed by atoms with Gasteiger partial charge in [0, 0.05) is 73.6 Å². The van der Waals surface area contributed by atoms with Crippen LogP contribution in [0.4, 0.5) is 0 Å². The molecule has 0 amide bonds. The highest BCUT2D eigenvalue weighted by molar-refractivity contribution is 7.09. The van der Waals surface area contributed by atoms with Gasteiger partial charge >= 0.3 is 0 Å². The van der Waals surface area contributed by atoms with E-state index in [0.29, 0.717) is 0 Å². The first kappa shape index (κ1) is 42.6. The number of benzene rings is 2. The van der Waals surface area contributed by atoms with Gasteiger partial charge in [-0.2, -0.15) is 0 Å². The summed E-state index contributed by atoms with van der Waals surface area (Å²) in [6.07, 6.45) is 31.3. The Labute approximate surface area is 369 Å². The second-order valence-corrected chi connectivity index (χ2v) is 17.1. The summed E-state index contributed by atoms with van der Waals surface area (Å²) in [6, 6.07) is 34.1. The Hall–Kier alpha value is -6.12. The topological polar surface area (TPSA) is 88.1 Å². The van der Waals surface area contributed by atoms with E-state index in [-0.39, 0.29) is 0 Å². The van der Waals surface area contributed by atoms with Gasteiger partial charge in [-0.3, -0.25) is 9.97 Å². The number of nitrogens with one attached hydrogen (secondary N) is 2. The lowest BCUT2D eigenvalue weighted by molar-refractivity contribution is 0.528. The van der Waals surface area contributed by atoms with Crippen LogP contribution >= 0.6 is 11.3 Å². The molecule has 0 atom stereocenters. The van der Waals surface area contributed by atoms with Crippen LogP contribution in [0.3, 0.4) is 0 Å². The molecule has 0 fully saturated rings. The van der Waals surface area contributed by atoms with Crippen LogP contribution < -0.4 is 0 Å². The Kier molecular flexibility index (Phi) is 15.2. The molecule has 0 aliphatic carbocycles. The zero-order valence-electron chi connectivity index (χ0n) is 36.1. The summed E-state index contributed by atoms with van der Waals surface area (Å²) in [6.45, 7) is 3.44. The molecule has 316 valence electrons. The maximum atomic E-state index is 4.62. The van der Waals surface area contributed by atoms with Gasteiger partial charge in [-0.1, -0.05) is 127 Å². The highest BCUT2D eigenvalue weighted by Crippen LogP contribution is 2.29. The summed E-state index contributed by atoms with van der Waals surface area (Å²) in [5, 5.41) is 6.77. The van der Waals surface area contributed by atoms with Crippen molar-refractivity contribution in [2.24, 2.45) is 0 Å². The lowest BCUT2D eigenvalue weighted by Gasteiger charge is -2.07. The number of aryl methyl sites for hydroxylation is 1. The van der Waals surface area contributed by atoms with Crippen LogP contribution in [0.15, 0.2) is 120 Å². The fourth-order valence-electron chi connectivity index (χ4n) is 8.36. The van der Waals surface area contributed by atoms with E-state index >= 15 is 0 Å². The molecule has 2 aliphatic heterocycles. The second-order valence-electron chi connectivity index (χ2n) is 16.4.